The molecule has 0 saturated heterocycles. The summed E-state index contributed by atoms with van der Waals surface area (Å²) in [4.78, 5) is 11.4. The first-order valence-electron chi connectivity index (χ1n) is 6.82. The third-order valence-electron chi connectivity index (χ3n) is 2.64. The summed E-state index contributed by atoms with van der Waals surface area (Å²) in [7, 11) is 0. The normalized spacial score (nSPS) is 10.8. The number of benzene rings is 1. The van der Waals surface area contributed by atoms with Crippen LogP contribution in [0.2, 0.25) is 5.02 Å². The number of amides is 1. The lowest BCUT2D eigenvalue weighted by molar-refractivity contribution is -0.121. The van der Waals surface area contributed by atoms with Crippen molar-refractivity contribution in [2.75, 3.05) is 6.61 Å². The maximum absolute atomic E-state index is 11.4. The lowest BCUT2D eigenvalue weighted by Crippen LogP contribution is -2.17. The minimum absolute atomic E-state index is 0.0891. The van der Waals surface area contributed by atoms with Crippen molar-refractivity contribution in [1.82, 2.24) is 5.43 Å². The van der Waals surface area contributed by atoms with Gasteiger partial charge in [0.15, 0.2) is 0 Å². The first-order chi connectivity index (χ1) is 9.63. The number of hydrogen-bond donors (Lipinski definition) is 1. The second kappa shape index (κ2) is 9.37. The molecule has 1 N–H and O–H groups in total. The second-order valence-corrected chi connectivity index (χ2v) is 4.93. The molecule has 0 heterocycles. The maximum Gasteiger partial charge on any atom is 0.240 e. The molecule has 0 aliphatic rings. The first-order valence-corrected chi connectivity index (χ1v) is 7.20. The number of halogens is 1. The number of rotatable bonds is 8. The van der Waals surface area contributed by atoms with Crippen molar-refractivity contribution in [3.05, 3.63) is 28.8 Å². The summed E-state index contributed by atoms with van der Waals surface area (Å²) in [6, 6.07) is 5.48. The molecular weight excluding hydrogens is 276 g/mol. The molecule has 0 aromatic heterocycles. The number of carbonyl (C=O) groups is 1. The lowest BCUT2D eigenvalue weighted by atomic mass is 10.2. The van der Waals surface area contributed by atoms with Gasteiger partial charge in [-0.15, -0.1) is 0 Å². The Morgan fingerprint density at radius 2 is 2.30 bits per heavy atom. The van der Waals surface area contributed by atoms with Crippen molar-refractivity contribution in [3.63, 3.8) is 0 Å². The highest BCUT2D eigenvalue weighted by molar-refractivity contribution is 6.30. The maximum atomic E-state index is 11.4. The molecule has 1 aromatic carbocycles. The summed E-state index contributed by atoms with van der Waals surface area (Å²) in [5.41, 5.74) is 3.48. The molecule has 1 aromatic rings. The van der Waals surface area contributed by atoms with E-state index in [4.69, 9.17) is 16.3 Å². The fraction of sp³-hybridized carbons (Fsp3) is 0.467. The molecule has 0 fully saturated rings. The molecule has 0 aliphatic heterocycles. The van der Waals surface area contributed by atoms with Crippen LogP contribution < -0.4 is 10.2 Å². The second-order valence-electron chi connectivity index (χ2n) is 4.50. The van der Waals surface area contributed by atoms with E-state index < -0.39 is 0 Å². The number of aryl methyl sites for hydroxylation is 1. The number of carbonyl (C=O) groups excluding carboxylic acids is 1. The third kappa shape index (κ3) is 6.57. The number of ether oxygens (including phenoxy) is 1. The van der Waals surface area contributed by atoms with Gasteiger partial charge in [-0.2, -0.15) is 5.10 Å². The van der Waals surface area contributed by atoms with Crippen molar-refractivity contribution in [2.45, 2.75) is 39.5 Å². The van der Waals surface area contributed by atoms with Gasteiger partial charge in [0.05, 0.1) is 6.61 Å². The summed E-state index contributed by atoms with van der Waals surface area (Å²) in [6.45, 7) is 4.49. The van der Waals surface area contributed by atoms with Crippen LogP contribution in [0.15, 0.2) is 23.3 Å². The van der Waals surface area contributed by atoms with E-state index >= 15 is 0 Å². The Labute approximate surface area is 125 Å². The summed E-state index contributed by atoms with van der Waals surface area (Å²) in [5.74, 6) is 0.713. The molecule has 5 heteroatoms. The minimum Gasteiger partial charge on any atom is -0.493 e. The predicted octanol–water partition coefficient (Wildman–Crippen LogP) is 3.71. The number of nitrogens with one attached hydrogen (secondary N) is 1. The van der Waals surface area contributed by atoms with E-state index in [1.54, 1.807) is 12.3 Å². The Morgan fingerprint density at radius 3 is 3.00 bits per heavy atom. The van der Waals surface area contributed by atoms with E-state index in [2.05, 4.69) is 17.5 Å². The summed E-state index contributed by atoms with van der Waals surface area (Å²) >= 11 is 5.87. The van der Waals surface area contributed by atoms with E-state index in [1.807, 2.05) is 19.1 Å². The van der Waals surface area contributed by atoms with Gasteiger partial charge in [-0.25, -0.2) is 5.43 Å². The fourth-order valence-electron chi connectivity index (χ4n) is 1.56. The highest BCUT2D eigenvalue weighted by Gasteiger charge is 2.02. The average Bonchev–Trinajstić information content (AvgIpc) is 2.41. The van der Waals surface area contributed by atoms with Crippen LogP contribution in [0.1, 0.15) is 38.2 Å². The Morgan fingerprint density at radius 1 is 1.50 bits per heavy atom. The molecule has 0 saturated carbocycles. The van der Waals surface area contributed by atoms with Crippen molar-refractivity contribution in [3.8, 4) is 5.75 Å². The highest BCUT2D eigenvalue weighted by atomic mass is 35.5. The molecule has 0 aliphatic carbocycles. The highest BCUT2D eigenvalue weighted by Crippen LogP contribution is 2.21. The Bertz CT molecular complexity index is 461. The first kappa shape index (κ1) is 16.5. The van der Waals surface area contributed by atoms with Gasteiger partial charge >= 0.3 is 0 Å². The van der Waals surface area contributed by atoms with Crippen LogP contribution >= 0.6 is 11.6 Å². The Kier molecular flexibility index (Phi) is 7.73. The fourth-order valence-corrected chi connectivity index (χ4v) is 1.78. The van der Waals surface area contributed by atoms with Gasteiger partial charge in [0.25, 0.3) is 0 Å². The molecule has 110 valence electrons. The van der Waals surface area contributed by atoms with Gasteiger partial charge in [-0.05, 0) is 43.5 Å². The van der Waals surface area contributed by atoms with Gasteiger partial charge in [-0.3, -0.25) is 4.79 Å². The Balaban J connectivity index is 2.19. The summed E-state index contributed by atoms with van der Waals surface area (Å²) < 4.78 is 5.61. The van der Waals surface area contributed by atoms with E-state index in [0.717, 1.165) is 24.2 Å². The molecule has 0 bridgehead atoms. The van der Waals surface area contributed by atoms with Crippen molar-refractivity contribution in [2.24, 2.45) is 5.10 Å². The SMILES string of the molecule is CCCC=NNC(=O)CCCOc1ccc(Cl)cc1C. The van der Waals surface area contributed by atoms with Crippen molar-refractivity contribution < 1.29 is 9.53 Å². The zero-order valence-corrected chi connectivity index (χ0v) is 12.7. The van der Waals surface area contributed by atoms with Crippen molar-refractivity contribution in [1.29, 1.82) is 0 Å². The van der Waals surface area contributed by atoms with E-state index in [1.165, 1.54) is 0 Å². The molecule has 20 heavy (non-hydrogen) atoms. The molecule has 1 rings (SSSR count). The number of hydrogen-bond acceptors (Lipinski definition) is 3. The topological polar surface area (TPSA) is 50.7 Å². The number of unbranched alkanes of at least 4 members (excludes halogenated alkanes) is 1. The van der Waals surface area contributed by atoms with Crippen LogP contribution in [0.5, 0.6) is 5.75 Å². The van der Waals surface area contributed by atoms with Gasteiger partial charge in [-0.1, -0.05) is 24.9 Å². The van der Waals surface area contributed by atoms with Gasteiger partial charge < -0.3 is 4.74 Å². The number of hydrazone groups is 1. The predicted molar refractivity (Wildman–Crippen MR) is 82.5 cm³/mol. The zero-order chi connectivity index (χ0) is 14.8. The van der Waals surface area contributed by atoms with Crippen molar-refractivity contribution >= 4 is 23.7 Å². The number of nitrogens with zero attached hydrogens (tertiary/aromatic N) is 1. The molecule has 0 spiro atoms. The zero-order valence-electron chi connectivity index (χ0n) is 12.0. The van der Waals surface area contributed by atoms with Crippen LogP contribution in [0.4, 0.5) is 0 Å². The molecule has 0 radical (unpaired) electrons. The smallest absolute Gasteiger partial charge is 0.240 e. The van der Waals surface area contributed by atoms with Crippen LogP contribution in [0, 0.1) is 6.92 Å². The molecular formula is C15H21ClN2O2. The molecule has 0 unspecified atom stereocenters. The largest absolute Gasteiger partial charge is 0.493 e. The molecule has 0 atom stereocenters. The van der Waals surface area contributed by atoms with Gasteiger partial charge in [0.2, 0.25) is 5.91 Å². The summed E-state index contributed by atoms with van der Waals surface area (Å²) in [6.07, 6.45) is 4.66. The van der Waals surface area contributed by atoms with Crippen LogP contribution in [0.25, 0.3) is 0 Å². The third-order valence-corrected chi connectivity index (χ3v) is 2.88. The minimum atomic E-state index is -0.0891. The lowest BCUT2D eigenvalue weighted by Gasteiger charge is -2.08. The quantitative estimate of drug-likeness (QED) is 0.452. The van der Waals surface area contributed by atoms with Crippen LogP contribution in [-0.2, 0) is 4.79 Å². The van der Waals surface area contributed by atoms with E-state index in [9.17, 15) is 4.79 Å². The van der Waals surface area contributed by atoms with E-state index in [0.29, 0.717) is 24.5 Å². The van der Waals surface area contributed by atoms with E-state index in [-0.39, 0.29) is 5.91 Å². The van der Waals surface area contributed by atoms with Gasteiger partial charge in [0, 0.05) is 17.7 Å². The standard InChI is InChI=1S/C15H21ClN2O2/c1-3-4-9-17-18-15(19)6-5-10-20-14-8-7-13(16)11-12(14)2/h7-9,11H,3-6,10H2,1-2H3,(H,18,19). The van der Waals surface area contributed by atoms with Crippen LogP contribution in [0.3, 0.4) is 0 Å². The average molecular weight is 297 g/mol. The molecule has 1 amide bonds. The monoisotopic (exact) mass is 296 g/mol. The Hall–Kier alpha value is -1.55. The summed E-state index contributed by atoms with van der Waals surface area (Å²) in [5, 5.41) is 4.54. The molecule has 4 nitrogen and oxygen atoms in total. The van der Waals surface area contributed by atoms with Crippen LogP contribution in [-0.4, -0.2) is 18.7 Å². The van der Waals surface area contributed by atoms with Gasteiger partial charge in [0.1, 0.15) is 5.75 Å².